The zero-order valence-electron chi connectivity index (χ0n) is 10.1. The Balaban J connectivity index is 2.80. The van der Waals surface area contributed by atoms with Crippen molar-refractivity contribution < 1.29 is 18.0 Å². The van der Waals surface area contributed by atoms with Gasteiger partial charge < -0.3 is 11.1 Å². The lowest BCUT2D eigenvalue weighted by Crippen LogP contribution is -2.24. The third-order valence-electron chi connectivity index (χ3n) is 2.38. The number of hydrogen-bond acceptors (Lipinski definition) is 3. The van der Waals surface area contributed by atoms with E-state index in [1.54, 1.807) is 6.07 Å². The zero-order valence-corrected chi connectivity index (χ0v) is 10.1. The summed E-state index contributed by atoms with van der Waals surface area (Å²) in [5.41, 5.74) is 6.67. The number of halogens is 3. The van der Waals surface area contributed by atoms with Crippen LogP contribution in [0.1, 0.15) is 30.6 Å². The number of carbonyl (C=O) groups is 1. The number of carbonyl (C=O) groups excluding carboxylic acids is 1. The van der Waals surface area contributed by atoms with Crippen LogP contribution in [0.2, 0.25) is 0 Å². The third kappa shape index (κ3) is 4.27. The fourth-order valence-corrected chi connectivity index (χ4v) is 1.63. The predicted octanol–water partition coefficient (Wildman–Crippen LogP) is 3.22. The topological polar surface area (TPSA) is 55.1 Å². The first kappa shape index (κ1) is 14.3. The summed E-state index contributed by atoms with van der Waals surface area (Å²) in [5, 5.41) is 2.69. The summed E-state index contributed by atoms with van der Waals surface area (Å²) in [6, 6.07) is 3.74. The first-order valence-electron chi connectivity index (χ1n) is 5.43. The van der Waals surface area contributed by atoms with E-state index in [0.29, 0.717) is 16.9 Å². The van der Waals surface area contributed by atoms with Crippen LogP contribution in [0, 0.1) is 0 Å². The van der Waals surface area contributed by atoms with Crippen LogP contribution < -0.4 is 11.1 Å². The molecule has 1 aromatic carbocycles. The molecule has 18 heavy (non-hydrogen) atoms. The molecular weight excluding hydrogens is 245 g/mol. The van der Waals surface area contributed by atoms with Crippen molar-refractivity contribution in [1.29, 1.82) is 0 Å². The number of nitrogen functional groups attached to an aromatic ring is 1. The molecule has 0 amide bonds. The minimum atomic E-state index is -4.22. The minimum Gasteiger partial charge on any atom is -0.398 e. The van der Waals surface area contributed by atoms with Gasteiger partial charge in [-0.05, 0) is 32.0 Å². The van der Waals surface area contributed by atoms with E-state index >= 15 is 0 Å². The fourth-order valence-electron chi connectivity index (χ4n) is 1.63. The van der Waals surface area contributed by atoms with Gasteiger partial charge >= 0.3 is 6.18 Å². The smallest absolute Gasteiger partial charge is 0.391 e. The second-order valence-corrected chi connectivity index (χ2v) is 4.22. The Labute approximate surface area is 103 Å². The van der Waals surface area contributed by atoms with Crippen molar-refractivity contribution in [2.45, 2.75) is 32.5 Å². The average Bonchev–Trinajstić information content (AvgIpc) is 2.17. The molecule has 3 nitrogen and oxygen atoms in total. The van der Waals surface area contributed by atoms with Crippen LogP contribution in [0.25, 0.3) is 0 Å². The molecule has 0 aliphatic heterocycles. The summed E-state index contributed by atoms with van der Waals surface area (Å²) in [5.74, 6) is -0.223. The third-order valence-corrected chi connectivity index (χ3v) is 2.38. The molecule has 0 aliphatic carbocycles. The van der Waals surface area contributed by atoms with Crippen molar-refractivity contribution in [3.8, 4) is 0 Å². The Kier molecular flexibility index (Phi) is 4.21. The minimum absolute atomic E-state index is 0.223. The number of Topliss-reactive ketones (excluding diaryl/α,β-unsaturated/α-hetero) is 1. The first-order chi connectivity index (χ1) is 8.19. The van der Waals surface area contributed by atoms with Gasteiger partial charge in [-0.2, -0.15) is 13.2 Å². The lowest BCUT2D eigenvalue weighted by molar-refractivity contribution is -0.136. The van der Waals surface area contributed by atoms with Gasteiger partial charge in [0.2, 0.25) is 0 Å². The molecule has 100 valence electrons. The van der Waals surface area contributed by atoms with E-state index in [4.69, 9.17) is 5.73 Å². The van der Waals surface area contributed by atoms with Gasteiger partial charge in [-0.1, -0.05) is 0 Å². The molecule has 0 heterocycles. The molecule has 0 aliphatic rings. The Morgan fingerprint density at radius 1 is 1.44 bits per heavy atom. The maximum atomic E-state index is 12.2. The number of nitrogens with one attached hydrogen (secondary N) is 1. The molecule has 0 saturated heterocycles. The molecule has 0 bridgehead atoms. The average molecular weight is 260 g/mol. The van der Waals surface area contributed by atoms with E-state index in [0.717, 1.165) is 0 Å². The summed E-state index contributed by atoms with van der Waals surface area (Å²) in [6.45, 7) is 2.78. The van der Waals surface area contributed by atoms with E-state index in [-0.39, 0.29) is 5.78 Å². The summed E-state index contributed by atoms with van der Waals surface area (Å²) in [7, 11) is 0. The number of benzene rings is 1. The van der Waals surface area contributed by atoms with Gasteiger partial charge in [0.15, 0.2) is 5.78 Å². The molecular formula is C12H15F3N2O. The molecule has 1 atom stereocenters. The highest BCUT2D eigenvalue weighted by atomic mass is 19.4. The number of ketones is 1. The van der Waals surface area contributed by atoms with Crippen LogP contribution in [-0.4, -0.2) is 18.0 Å². The van der Waals surface area contributed by atoms with Gasteiger partial charge in [0.25, 0.3) is 0 Å². The van der Waals surface area contributed by atoms with Gasteiger partial charge in [0.1, 0.15) is 0 Å². The normalized spacial score (nSPS) is 13.2. The van der Waals surface area contributed by atoms with Crippen LogP contribution in [0.4, 0.5) is 24.5 Å². The van der Waals surface area contributed by atoms with E-state index < -0.39 is 18.6 Å². The molecule has 3 N–H and O–H groups in total. The molecule has 0 saturated carbocycles. The maximum Gasteiger partial charge on any atom is 0.391 e. The number of nitrogens with two attached hydrogens (primary N) is 1. The summed E-state index contributed by atoms with van der Waals surface area (Å²) in [4.78, 5) is 11.2. The molecule has 0 fully saturated rings. The highest BCUT2D eigenvalue weighted by molar-refractivity contribution is 6.00. The Morgan fingerprint density at radius 2 is 2.06 bits per heavy atom. The number of hydrogen-bond donors (Lipinski definition) is 2. The molecule has 1 aromatic rings. The van der Waals surface area contributed by atoms with E-state index in [9.17, 15) is 18.0 Å². The SMILES string of the molecule is CC(=O)c1cc(NC(C)CC(F)(F)F)ccc1N. The highest BCUT2D eigenvalue weighted by Crippen LogP contribution is 2.24. The van der Waals surface area contributed by atoms with Gasteiger partial charge in [0, 0.05) is 23.0 Å². The molecule has 0 radical (unpaired) electrons. The maximum absolute atomic E-state index is 12.2. The molecule has 0 aromatic heterocycles. The number of alkyl halides is 3. The monoisotopic (exact) mass is 260 g/mol. The van der Waals surface area contributed by atoms with Gasteiger partial charge in [-0.25, -0.2) is 0 Å². The largest absolute Gasteiger partial charge is 0.398 e. The van der Waals surface area contributed by atoms with Crippen molar-refractivity contribution >= 4 is 17.2 Å². The first-order valence-corrected chi connectivity index (χ1v) is 5.43. The lowest BCUT2D eigenvalue weighted by Gasteiger charge is -2.17. The van der Waals surface area contributed by atoms with Gasteiger partial charge in [0.05, 0.1) is 6.42 Å². The van der Waals surface area contributed by atoms with Crippen LogP contribution in [0.5, 0.6) is 0 Å². The van der Waals surface area contributed by atoms with Crippen molar-refractivity contribution in [2.24, 2.45) is 0 Å². The zero-order chi connectivity index (χ0) is 13.9. The van der Waals surface area contributed by atoms with Crippen molar-refractivity contribution in [2.75, 3.05) is 11.1 Å². The van der Waals surface area contributed by atoms with E-state index in [2.05, 4.69) is 5.32 Å². The summed E-state index contributed by atoms with van der Waals surface area (Å²) >= 11 is 0. The van der Waals surface area contributed by atoms with Gasteiger partial charge in [-0.15, -0.1) is 0 Å². The lowest BCUT2D eigenvalue weighted by atomic mass is 10.1. The van der Waals surface area contributed by atoms with E-state index in [1.807, 2.05) is 0 Å². The number of rotatable bonds is 4. The molecule has 1 unspecified atom stereocenters. The van der Waals surface area contributed by atoms with Crippen LogP contribution in [-0.2, 0) is 0 Å². The predicted molar refractivity (Wildman–Crippen MR) is 64.6 cm³/mol. The summed E-state index contributed by atoms with van der Waals surface area (Å²) < 4.78 is 36.5. The quantitative estimate of drug-likeness (QED) is 0.645. The summed E-state index contributed by atoms with van der Waals surface area (Å²) in [6.07, 6.45) is -5.16. The Morgan fingerprint density at radius 3 is 2.56 bits per heavy atom. The second-order valence-electron chi connectivity index (χ2n) is 4.22. The second kappa shape index (κ2) is 5.29. The molecule has 1 rings (SSSR count). The van der Waals surface area contributed by atoms with Crippen molar-refractivity contribution in [3.05, 3.63) is 23.8 Å². The highest BCUT2D eigenvalue weighted by Gasteiger charge is 2.29. The Bertz CT molecular complexity index is 443. The van der Waals surface area contributed by atoms with Crippen LogP contribution in [0.15, 0.2) is 18.2 Å². The van der Waals surface area contributed by atoms with Crippen LogP contribution >= 0.6 is 0 Å². The standard InChI is InChI=1S/C12H15F3N2O/c1-7(6-12(13,14)15)17-9-3-4-11(16)10(5-9)8(2)18/h3-5,7,17H,6,16H2,1-2H3. The van der Waals surface area contributed by atoms with Crippen molar-refractivity contribution in [1.82, 2.24) is 0 Å². The molecule has 0 spiro atoms. The van der Waals surface area contributed by atoms with E-state index in [1.165, 1.54) is 26.0 Å². The fraction of sp³-hybridized carbons (Fsp3) is 0.417. The number of anilines is 2. The van der Waals surface area contributed by atoms with Crippen LogP contribution in [0.3, 0.4) is 0 Å². The van der Waals surface area contributed by atoms with Gasteiger partial charge in [-0.3, -0.25) is 4.79 Å². The van der Waals surface area contributed by atoms with Crippen molar-refractivity contribution in [3.63, 3.8) is 0 Å². The molecule has 6 heteroatoms. The Hall–Kier alpha value is -1.72.